The summed E-state index contributed by atoms with van der Waals surface area (Å²) >= 11 is 0. The molecule has 20 heavy (non-hydrogen) atoms. The second-order valence-corrected chi connectivity index (χ2v) is 6.48. The minimum Gasteiger partial charge on any atom is -0.204 e. The van der Waals surface area contributed by atoms with E-state index < -0.39 is 17.5 Å². The quantitative estimate of drug-likeness (QED) is 0.667. The molecule has 110 valence electrons. The Bertz CT molecular complexity index is 501. The van der Waals surface area contributed by atoms with Crippen molar-refractivity contribution in [2.24, 2.45) is 17.8 Å². The first-order valence-corrected chi connectivity index (χ1v) is 7.75. The highest BCUT2D eigenvalue weighted by Crippen LogP contribution is 2.42. The van der Waals surface area contributed by atoms with E-state index in [9.17, 15) is 13.2 Å². The zero-order chi connectivity index (χ0) is 14.3. The largest absolute Gasteiger partial charge is 0.204 e. The van der Waals surface area contributed by atoms with Gasteiger partial charge in [0.05, 0.1) is 0 Å². The normalized spacial score (nSPS) is 29.5. The van der Waals surface area contributed by atoms with Gasteiger partial charge >= 0.3 is 0 Å². The summed E-state index contributed by atoms with van der Waals surface area (Å²) in [6, 6.07) is 1.20. The molecule has 1 saturated carbocycles. The van der Waals surface area contributed by atoms with Crippen LogP contribution in [0.5, 0.6) is 0 Å². The van der Waals surface area contributed by atoms with Crippen LogP contribution in [0, 0.1) is 35.2 Å². The third kappa shape index (κ3) is 2.36. The second-order valence-electron chi connectivity index (χ2n) is 6.48. The summed E-state index contributed by atoms with van der Waals surface area (Å²) in [7, 11) is 0. The van der Waals surface area contributed by atoms with Crippen LogP contribution in [0.4, 0.5) is 13.2 Å². The van der Waals surface area contributed by atoms with Crippen LogP contribution in [0.15, 0.2) is 6.07 Å². The van der Waals surface area contributed by atoms with Crippen molar-refractivity contribution < 1.29 is 13.2 Å². The van der Waals surface area contributed by atoms with Crippen molar-refractivity contribution in [3.05, 3.63) is 34.6 Å². The van der Waals surface area contributed by atoms with E-state index in [1.165, 1.54) is 38.2 Å². The molecule has 3 heteroatoms. The Kier molecular flexibility index (Phi) is 3.78. The minimum atomic E-state index is -1.31. The Morgan fingerprint density at radius 1 is 0.950 bits per heavy atom. The lowest BCUT2D eigenvalue weighted by atomic mass is 9.74. The fourth-order valence-electron chi connectivity index (χ4n) is 4.10. The van der Waals surface area contributed by atoms with E-state index in [1.54, 1.807) is 0 Å². The molecular formula is C17H21F3. The van der Waals surface area contributed by atoms with Gasteiger partial charge in [-0.05, 0) is 60.6 Å². The first kappa shape index (κ1) is 14.0. The number of hydrogen-bond acceptors (Lipinski definition) is 0. The fourth-order valence-corrected chi connectivity index (χ4v) is 4.10. The van der Waals surface area contributed by atoms with Gasteiger partial charge in [-0.15, -0.1) is 0 Å². The molecular weight excluding hydrogens is 261 g/mol. The van der Waals surface area contributed by atoms with E-state index >= 15 is 0 Å². The van der Waals surface area contributed by atoms with Crippen molar-refractivity contribution in [1.29, 1.82) is 0 Å². The predicted octanol–water partition coefficient (Wildman–Crippen LogP) is 5.04. The van der Waals surface area contributed by atoms with Crippen molar-refractivity contribution in [3.63, 3.8) is 0 Å². The highest BCUT2D eigenvalue weighted by molar-refractivity contribution is 5.35. The summed E-state index contributed by atoms with van der Waals surface area (Å²) in [5, 5.41) is 0. The number of rotatable bonds is 2. The second kappa shape index (κ2) is 5.42. The zero-order valence-electron chi connectivity index (χ0n) is 11.9. The third-order valence-corrected chi connectivity index (χ3v) is 5.44. The lowest BCUT2D eigenvalue weighted by Gasteiger charge is -2.31. The van der Waals surface area contributed by atoms with Gasteiger partial charge in [0.1, 0.15) is 0 Å². The Hall–Kier alpha value is -0.990. The first-order valence-electron chi connectivity index (χ1n) is 7.75. The summed E-state index contributed by atoms with van der Waals surface area (Å²) in [5.41, 5.74) is 1.11. The number of halogens is 3. The molecule has 2 aliphatic carbocycles. The van der Waals surface area contributed by atoms with Crippen molar-refractivity contribution in [2.45, 2.75) is 51.9 Å². The molecule has 1 aromatic carbocycles. The average molecular weight is 282 g/mol. The summed E-state index contributed by atoms with van der Waals surface area (Å²) in [5.74, 6) is -1.50. The van der Waals surface area contributed by atoms with Crippen molar-refractivity contribution >= 4 is 0 Å². The van der Waals surface area contributed by atoms with Gasteiger partial charge in [-0.2, -0.15) is 0 Å². The van der Waals surface area contributed by atoms with Gasteiger partial charge < -0.3 is 0 Å². The van der Waals surface area contributed by atoms with Crippen LogP contribution >= 0.6 is 0 Å². The van der Waals surface area contributed by atoms with Crippen LogP contribution in [0.1, 0.15) is 50.2 Å². The van der Waals surface area contributed by atoms with Crippen LogP contribution in [-0.2, 0) is 12.8 Å². The van der Waals surface area contributed by atoms with Gasteiger partial charge in [-0.3, -0.25) is 0 Å². The van der Waals surface area contributed by atoms with Gasteiger partial charge in [-0.1, -0.05) is 26.2 Å². The molecule has 2 aliphatic rings. The molecule has 1 aromatic rings. The molecule has 1 fully saturated rings. The molecule has 0 spiro atoms. The lowest BCUT2D eigenvalue weighted by molar-refractivity contribution is 0.205. The summed E-state index contributed by atoms with van der Waals surface area (Å²) in [6.45, 7) is 2.23. The molecule has 3 rings (SSSR count). The van der Waals surface area contributed by atoms with E-state index in [0.29, 0.717) is 35.8 Å². The fraction of sp³-hybridized carbons (Fsp3) is 0.647. The maximum Gasteiger partial charge on any atom is 0.194 e. The van der Waals surface area contributed by atoms with Gasteiger partial charge in [0.2, 0.25) is 0 Å². The van der Waals surface area contributed by atoms with E-state index in [2.05, 4.69) is 6.92 Å². The Morgan fingerprint density at radius 2 is 1.65 bits per heavy atom. The van der Waals surface area contributed by atoms with Gasteiger partial charge in [0, 0.05) is 0 Å². The van der Waals surface area contributed by atoms with Crippen LogP contribution in [-0.4, -0.2) is 0 Å². The smallest absolute Gasteiger partial charge is 0.194 e. The van der Waals surface area contributed by atoms with Crippen LogP contribution < -0.4 is 0 Å². The highest BCUT2D eigenvalue weighted by Gasteiger charge is 2.34. The van der Waals surface area contributed by atoms with Crippen LogP contribution in [0.2, 0.25) is 0 Å². The van der Waals surface area contributed by atoms with Gasteiger partial charge in [0.25, 0.3) is 0 Å². The van der Waals surface area contributed by atoms with E-state index in [4.69, 9.17) is 0 Å². The Morgan fingerprint density at radius 3 is 2.30 bits per heavy atom. The zero-order valence-corrected chi connectivity index (χ0v) is 11.9. The van der Waals surface area contributed by atoms with Crippen molar-refractivity contribution in [2.75, 3.05) is 0 Å². The Balaban J connectivity index is 1.73. The van der Waals surface area contributed by atoms with E-state index in [1.807, 2.05) is 0 Å². The summed E-state index contributed by atoms with van der Waals surface area (Å²) in [4.78, 5) is 0. The minimum absolute atomic E-state index is 0.374. The molecule has 0 bridgehead atoms. The molecule has 0 heterocycles. The molecule has 0 aliphatic heterocycles. The maximum absolute atomic E-state index is 13.8. The summed E-state index contributed by atoms with van der Waals surface area (Å²) < 4.78 is 40.4. The maximum atomic E-state index is 13.8. The van der Waals surface area contributed by atoms with Crippen molar-refractivity contribution in [1.82, 2.24) is 0 Å². The van der Waals surface area contributed by atoms with Crippen LogP contribution in [0.3, 0.4) is 0 Å². The number of hydrogen-bond donors (Lipinski definition) is 0. The SMILES string of the molecule is CCC1CCC(C2Cc3cc(F)c(F)c(F)c3C2)CC1. The molecule has 1 unspecified atom stereocenters. The third-order valence-electron chi connectivity index (χ3n) is 5.44. The molecule has 0 amide bonds. The number of benzene rings is 1. The Labute approximate surface area is 118 Å². The summed E-state index contributed by atoms with van der Waals surface area (Å²) in [6.07, 6.45) is 7.40. The molecule has 0 saturated heterocycles. The average Bonchev–Trinajstić information content (AvgIpc) is 2.89. The van der Waals surface area contributed by atoms with Gasteiger partial charge in [0.15, 0.2) is 17.5 Å². The van der Waals surface area contributed by atoms with Crippen molar-refractivity contribution in [3.8, 4) is 0 Å². The standard InChI is InChI=1S/C17H21F3/c1-2-10-3-5-11(6-4-10)12-7-13-9-15(18)17(20)16(19)14(13)8-12/h9-12H,2-8H2,1H3. The van der Waals surface area contributed by atoms with E-state index in [-0.39, 0.29) is 0 Å². The first-order chi connectivity index (χ1) is 9.60. The topological polar surface area (TPSA) is 0 Å². The van der Waals surface area contributed by atoms with Crippen LogP contribution in [0.25, 0.3) is 0 Å². The molecule has 1 atom stereocenters. The number of fused-ring (bicyclic) bond motifs is 1. The van der Waals surface area contributed by atoms with E-state index in [0.717, 1.165) is 5.92 Å². The van der Waals surface area contributed by atoms with Gasteiger partial charge in [-0.25, -0.2) is 13.2 Å². The monoisotopic (exact) mass is 282 g/mol. The molecule has 0 nitrogen and oxygen atoms in total. The molecule has 0 radical (unpaired) electrons. The molecule has 0 aromatic heterocycles. The highest BCUT2D eigenvalue weighted by atomic mass is 19.2. The lowest BCUT2D eigenvalue weighted by Crippen LogP contribution is -2.22. The predicted molar refractivity (Wildman–Crippen MR) is 73.0 cm³/mol. The molecule has 0 N–H and O–H groups in total.